The largest absolute Gasteiger partial charge is 0.275 e. The molecule has 1 amide bonds. The van der Waals surface area contributed by atoms with E-state index >= 15 is 0 Å². The molecule has 0 atom stereocenters. The van der Waals surface area contributed by atoms with Crippen molar-refractivity contribution in [3.05, 3.63) is 36.0 Å². The summed E-state index contributed by atoms with van der Waals surface area (Å²) in [5.41, 5.74) is 2.35. The minimum atomic E-state index is -0.100. The number of aryl methyl sites for hydroxylation is 2. The summed E-state index contributed by atoms with van der Waals surface area (Å²) in [4.78, 5) is 20.1. The molecule has 0 aliphatic carbocycles. The molecule has 0 bridgehead atoms. The van der Waals surface area contributed by atoms with E-state index in [1.165, 1.54) is 11.3 Å². The maximum Gasteiger partial charge on any atom is 0.254 e. The summed E-state index contributed by atoms with van der Waals surface area (Å²) < 4.78 is 1.68. The molecule has 3 rings (SSSR count). The molecule has 0 fully saturated rings. The number of nitrogens with zero attached hydrogens (tertiary/aromatic N) is 6. The van der Waals surface area contributed by atoms with E-state index < -0.39 is 0 Å². The van der Waals surface area contributed by atoms with E-state index in [2.05, 4.69) is 20.2 Å². The number of hydrogen-bond donors (Lipinski definition) is 0. The molecule has 7 heteroatoms. The Morgan fingerprint density at radius 3 is 2.84 bits per heavy atom. The van der Waals surface area contributed by atoms with E-state index in [0.717, 1.165) is 11.3 Å². The highest BCUT2D eigenvalue weighted by Gasteiger charge is 2.27. The van der Waals surface area contributed by atoms with Crippen LogP contribution >= 0.6 is 0 Å². The molecule has 2 aromatic heterocycles. The number of aromatic nitrogens is 4. The quantitative estimate of drug-likeness (QED) is 0.791. The van der Waals surface area contributed by atoms with Crippen LogP contribution in [0.5, 0.6) is 0 Å². The lowest BCUT2D eigenvalue weighted by Gasteiger charge is -2.09. The number of carbonyl (C=O) groups is 1. The first-order valence-corrected chi connectivity index (χ1v) is 5.81. The molecule has 0 radical (unpaired) electrons. The monoisotopic (exact) mass is 256 g/mol. The molecule has 0 saturated carbocycles. The van der Waals surface area contributed by atoms with Gasteiger partial charge in [0, 0.05) is 30.6 Å². The average Bonchev–Trinajstić information content (AvgIpc) is 2.95. The van der Waals surface area contributed by atoms with Gasteiger partial charge in [0.2, 0.25) is 0 Å². The van der Waals surface area contributed by atoms with Gasteiger partial charge in [-0.15, -0.1) is 0 Å². The maximum absolute atomic E-state index is 12.0. The van der Waals surface area contributed by atoms with Crippen molar-refractivity contribution < 1.29 is 4.79 Å². The predicted molar refractivity (Wildman–Crippen MR) is 68.6 cm³/mol. The first kappa shape index (κ1) is 11.5. The Balaban J connectivity index is 1.95. The van der Waals surface area contributed by atoms with Crippen LogP contribution in [0.25, 0.3) is 0 Å². The lowest BCUT2D eigenvalue weighted by atomic mass is 10.2. The second kappa shape index (κ2) is 4.27. The van der Waals surface area contributed by atoms with Gasteiger partial charge in [-0.1, -0.05) is 0 Å². The fourth-order valence-electron chi connectivity index (χ4n) is 1.90. The van der Waals surface area contributed by atoms with E-state index in [0.29, 0.717) is 11.5 Å². The van der Waals surface area contributed by atoms with Crippen LogP contribution < -0.4 is 5.01 Å². The number of rotatable bonds is 2. The van der Waals surface area contributed by atoms with E-state index in [9.17, 15) is 4.79 Å². The summed E-state index contributed by atoms with van der Waals surface area (Å²) in [6.45, 7) is 1.84. The first-order chi connectivity index (χ1) is 9.13. The molecule has 2 aromatic rings. The van der Waals surface area contributed by atoms with Crippen LogP contribution in [0.1, 0.15) is 17.7 Å². The van der Waals surface area contributed by atoms with Crippen LogP contribution in [-0.2, 0) is 11.8 Å². The van der Waals surface area contributed by atoms with Crippen molar-refractivity contribution in [3.63, 3.8) is 0 Å². The maximum atomic E-state index is 12.0. The van der Waals surface area contributed by atoms with Crippen molar-refractivity contribution in [2.45, 2.75) is 13.3 Å². The third kappa shape index (κ3) is 2.10. The van der Waals surface area contributed by atoms with Gasteiger partial charge in [0.25, 0.3) is 5.91 Å². The number of anilines is 1. The summed E-state index contributed by atoms with van der Waals surface area (Å²) in [7, 11) is 1.83. The normalized spacial score (nSPS) is 14.9. The van der Waals surface area contributed by atoms with E-state index in [1.807, 2.05) is 20.2 Å². The summed E-state index contributed by atoms with van der Waals surface area (Å²) in [5.74, 6) is 0.397. The Hall–Kier alpha value is -2.57. The predicted octanol–water partition coefficient (Wildman–Crippen LogP) is 0.660. The van der Waals surface area contributed by atoms with Gasteiger partial charge < -0.3 is 0 Å². The number of carbonyl (C=O) groups excluding carboxylic acids is 1. The molecule has 96 valence electrons. The van der Waals surface area contributed by atoms with E-state index in [4.69, 9.17) is 0 Å². The second-order valence-electron chi connectivity index (χ2n) is 4.35. The molecule has 19 heavy (non-hydrogen) atoms. The van der Waals surface area contributed by atoms with Gasteiger partial charge >= 0.3 is 0 Å². The van der Waals surface area contributed by atoms with Crippen LogP contribution in [0.2, 0.25) is 0 Å². The molecule has 0 spiro atoms. The minimum absolute atomic E-state index is 0.100. The third-order valence-electron chi connectivity index (χ3n) is 2.82. The SMILES string of the molecule is Cc1cc(N2N=C(c3cnn(C)c3)CC2=O)ncn1. The Kier molecular flexibility index (Phi) is 2.59. The lowest BCUT2D eigenvalue weighted by molar-refractivity contribution is -0.116. The smallest absolute Gasteiger partial charge is 0.254 e. The lowest BCUT2D eigenvalue weighted by Crippen LogP contribution is -2.20. The molecule has 3 heterocycles. The van der Waals surface area contributed by atoms with Gasteiger partial charge in [-0.3, -0.25) is 9.48 Å². The molecular formula is C12H12N6O. The molecule has 0 saturated heterocycles. The minimum Gasteiger partial charge on any atom is -0.275 e. The van der Waals surface area contributed by atoms with Gasteiger partial charge in [0.1, 0.15) is 6.33 Å². The fourth-order valence-corrected chi connectivity index (χ4v) is 1.90. The number of hydrazone groups is 1. The molecule has 0 aromatic carbocycles. The van der Waals surface area contributed by atoms with Crippen LogP contribution in [0.3, 0.4) is 0 Å². The van der Waals surface area contributed by atoms with E-state index in [-0.39, 0.29) is 12.3 Å². The topological polar surface area (TPSA) is 76.3 Å². The van der Waals surface area contributed by atoms with Gasteiger partial charge in [-0.05, 0) is 6.92 Å². The number of amides is 1. The highest BCUT2D eigenvalue weighted by atomic mass is 16.2. The molecule has 0 N–H and O–H groups in total. The van der Waals surface area contributed by atoms with Gasteiger partial charge in [-0.25, -0.2) is 9.97 Å². The Morgan fingerprint density at radius 2 is 2.16 bits per heavy atom. The van der Waals surface area contributed by atoms with Gasteiger partial charge in [-0.2, -0.15) is 15.2 Å². The molecular weight excluding hydrogens is 244 g/mol. The van der Waals surface area contributed by atoms with Crippen LogP contribution in [-0.4, -0.2) is 31.4 Å². The van der Waals surface area contributed by atoms with Crippen molar-refractivity contribution in [1.82, 2.24) is 19.7 Å². The summed E-state index contributed by atoms with van der Waals surface area (Å²) in [5, 5.41) is 9.72. The second-order valence-corrected chi connectivity index (χ2v) is 4.35. The van der Waals surface area contributed by atoms with Crippen molar-refractivity contribution >= 4 is 17.4 Å². The molecule has 1 aliphatic rings. The molecule has 0 unspecified atom stereocenters. The highest BCUT2D eigenvalue weighted by molar-refractivity contribution is 6.18. The van der Waals surface area contributed by atoms with Crippen LogP contribution in [0, 0.1) is 6.92 Å². The molecule has 1 aliphatic heterocycles. The highest BCUT2D eigenvalue weighted by Crippen LogP contribution is 2.20. The summed E-state index contributed by atoms with van der Waals surface area (Å²) in [6, 6.07) is 1.73. The fraction of sp³-hybridized carbons (Fsp3) is 0.250. The Morgan fingerprint density at radius 1 is 1.32 bits per heavy atom. The van der Waals surface area contributed by atoms with Crippen molar-refractivity contribution in [3.8, 4) is 0 Å². The van der Waals surface area contributed by atoms with Crippen LogP contribution in [0.15, 0.2) is 29.9 Å². The zero-order chi connectivity index (χ0) is 13.4. The van der Waals surface area contributed by atoms with E-state index in [1.54, 1.807) is 16.9 Å². The molecule has 7 nitrogen and oxygen atoms in total. The average molecular weight is 256 g/mol. The Labute approximate surface area is 109 Å². The zero-order valence-corrected chi connectivity index (χ0v) is 10.6. The standard InChI is InChI=1S/C12H12N6O/c1-8-3-11(14-7-13-8)18-12(19)4-10(16-18)9-5-15-17(2)6-9/h3,5-7H,4H2,1-2H3. The number of hydrogen-bond acceptors (Lipinski definition) is 5. The third-order valence-corrected chi connectivity index (χ3v) is 2.82. The Bertz CT molecular complexity index is 674. The van der Waals surface area contributed by atoms with Gasteiger partial charge in [0.05, 0.1) is 18.3 Å². The van der Waals surface area contributed by atoms with Crippen molar-refractivity contribution in [1.29, 1.82) is 0 Å². The first-order valence-electron chi connectivity index (χ1n) is 5.81. The van der Waals surface area contributed by atoms with Crippen molar-refractivity contribution in [2.75, 3.05) is 5.01 Å². The summed E-state index contributed by atoms with van der Waals surface area (Å²) in [6.07, 6.45) is 5.21. The van der Waals surface area contributed by atoms with Gasteiger partial charge in [0.15, 0.2) is 5.82 Å². The van der Waals surface area contributed by atoms with Crippen LogP contribution in [0.4, 0.5) is 5.82 Å². The summed E-state index contributed by atoms with van der Waals surface area (Å²) >= 11 is 0. The zero-order valence-electron chi connectivity index (χ0n) is 10.6. The van der Waals surface area contributed by atoms with Crippen molar-refractivity contribution in [2.24, 2.45) is 12.1 Å².